The van der Waals surface area contributed by atoms with Crippen molar-refractivity contribution in [3.8, 4) is 0 Å². The van der Waals surface area contributed by atoms with Gasteiger partial charge in [0.15, 0.2) is 5.11 Å². The number of halogens is 3. The molecule has 0 heterocycles. The van der Waals surface area contributed by atoms with E-state index in [9.17, 15) is 23.1 Å². The molecule has 3 aromatic rings. The van der Waals surface area contributed by atoms with Crippen LogP contribution in [-0.2, 0) is 17.6 Å². The molecule has 0 saturated carbocycles. The van der Waals surface area contributed by atoms with Gasteiger partial charge in [-0.25, -0.2) is 4.79 Å². The summed E-state index contributed by atoms with van der Waals surface area (Å²) in [5.41, 5.74) is 1.44. The molecule has 0 aromatic heterocycles. The first-order valence-corrected chi connectivity index (χ1v) is 9.54. The lowest BCUT2D eigenvalue weighted by molar-refractivity contribution is -0.139. The molecular formula is C22H19F3N2O2S. The van der Waals surface area contributed by atoms with Gasteiger partial charge in [-0.2, -0.15) is 13.2 Å². The fraction of sp³-hybridized carbons (Fsp3) is 0.182. The molecular weight excluding hydrogens is 413 g/mol. The summed E-state index contributed by atoms with van der Waals surface area (Å²) >= 11 is 5.18. The fourth-order valence-corrected chi connectivity index (χ4v) is 3.32. The molecule has 4 nitrogen and oxygen atoms in total. The summed E-state index contributed by atoms with van der Waals surface area (Å²) in [7, 11) is 0. The summed E-state index contributed by atoms with van der Waals surface area (Å²) in [5, 5.41) is 17.3. The first-order chi connectivity index (χ1) is 14.2. The Bertz CT molecular complexity index is 1050. The summed E-state index contributed by atoms with van der Waals surface area (Å²) in [6.45, 7) is 0. The van der Waals surface area contributed by atoms with E-state index in [1.807, 2.05) is 42.5 Å². The van der Waals surface area contributed by atoms with Crippen LogP contribution in [0.25, 0.3) is 10.8 Å². The Hall–Kier alpha value is -3.13. The second-order valence-corrected chi connectivity index (χ2v) is 7.27. The van der Waals surface area contributed by atoms with Crippen LogP contribution in [0.3, 0.4) is 0 Å². The normalized spacial score (nSPS) is 12.4. The molecule has 0 saturated heterocycles. The van der Waals surface area contributed by atoms with Crippen LogP contribution in [0.2, 0.25) is 0 Å². The Balaban J connectivity index is 1.63. The number of nitrogens with one attached hydrogen (secondary N) is 2. The lowest BCUT2D eigenvalue weighted by atomic mass is 10.0. The van der Waals surface area contributed by atoms with Crippen LogP contribution in [0, 0.1) is 0 Å². The molecule has 0 bridgehead atoms. The second-order valence-electron chi connectivity index (χ2n) is 6.86. The first kappa shape index (κ1) is 21.6. The number of anilines is 1. The molecule has 0 aliphatic carbocycles. The molecule has 0 spiro atoms. The lowest BCUT2D eigenvalue weighted by Gasteiger charge is -2.18. The van der Waals surface area contributed by atoms with Crippen molar-refractivity contribution in [2.24, 2.45) is 0 Å². The summed E-state index contributed by atoms with van der Waals surface area (Å²) in [5.74, 6) is -1.06. The van der Waals surface area contributed by atoms with Gasteiger partial charge in [0.2, 0.25) is 0 Å². The minimum absolute atomic E-state index is 0.0757. The third-order valence-electron chi connectivity index (χ3n) is 4.47. The zero-order valence-electron chi connectivity index (χ0n) is 15.7. The maximum absolute atomic E-state index is 12.4. The molecule has 30 heavy (non-hydrogen) atoms. The van der Waals surface area contributed by atoms with E-state index >= 15 is 0 Å². The summed E-state index contributed by atoms with van der Waals surface area (Å²) < 4.78 is 37.3. The van der Waals surface area contributed by atoms with Crippen molar-refractivity contribution in [1.82, 2.24) is 5.32 Å². The first-order valence-electron chi connectivity index (χ1n) is 9.13. The van der Waals surface area contributed by atoms with Crippen molar-refractivity contribution in [2.75, 3.05) is 5.32 Å². The van der Waals surface area contributed by atoms with Crippen molar-refractivity contribution in [1.29, 1.82) is 0 Å². The smallest absolute Gasteiger partial charge is 0.393 e. The van der Waals surface area contributed by atoms with Crippen LogP contribution in [0.1, 0.15) is 11.1 Å². The number of aliphatic carboxylic acids is 1. The summed E-state index contributed by atoms with van der Waals surface area (Å²) in [6, 6.07) is 18.2. The average Bonchev–Trinajstić information content (AvgIpc) is 2.67. The minimum Gasteiger partial charge on any atom is -0.480 e. The monoisotopic (exact) mass is 432 g/mol. The summed E-state index contributed by atoms with van der Waals surface area (Å²) in [4.78, 5) is 11.7. The van der Waals surface area contributed by atoms with Crippen molar-refractivity contribution in [2.45, 2.75) is 25.1 Å². The van der Waals surface area contributed by atoms with Crippen LogP contribution in [0.15, 0.2) is 66.7 Å². The highest BCUT2D eigenvalue weighted by Crippen LogP contribution is 2.22. The SMILES string of the molecule is O=C(O)C(Cc1ccc2ccccc2c1)NC(=S)Nc1ccc(CC(F)(F)F)cc1. The molecule has 0 fully saturated rings. The van der Waals surface area contributed by atoms with Crippen LogP contribution in [0.4, 0.5) is 18.9 Å². The number of rotatable bonds is 6. The van der Waals surface area contributed by atoms with Crippen LogP contribution >= 0.6 is 12.2 Å². The van der Waals surface area contributed by atoms with E-state index in [1.165, 1.54) is 24.3 Å². The Kier molecular flexibility index (Phi) is 6.56. The highest BCUT2D eigenvalue weighted by atomic mass is 32.1. The van der Waals surface area contributed by atoms with Gasteiger partial charge >= 0.3 is 12.1 Å². The van der Waals surface area contributed by atoms with Crippen molar-refractivity contribution in [3.63, 3.8) is 0 Å². The molecule has 3 rings (SSSR count). The molecule has 0 amide bonds. The predicted octanol–water partition coefficient (Wildman–Crippen LogP) is 4.93. The van der Waals surface area contributed by atoms with Gasteiger partial charge in [0.1, 0.15) is 6.04 Å². The van der Waals surface area contributed by atoms with E-state index in [0.717, 1.165) is 16.3 Å². The van der Waals surface area contributed by atoms with E-state index in [2.05, 4.69) is 10.6 Å². The third-order valence-corrected chi connectivity index (χ3v) is 4.69. The Morgan fingerprint density at radius 1 is 0.967 bits per heavy atom. The minimum atomic E-state index is -4.27. The Labute approximate surface area is 176 Å². The van der Waals surface area contributed by atoms with E-state index in [1.54, 1.807) is 0 Å². The van der Waals surface area contributed by atoms with Crippen molar-refractivity contribution >= 4 is 39.8 Å². The highest BCUT2D eigenvalue weighted by Gasteiger charge is 2.27. The summed E-state index contributed by atoms with van der Waals surface area (Å²) in [6.07, 6.45) is -5.07. The van der Waals surface area contributed by atoms with E-state index < -0.39 is 24.6 Å². The van der Waals surface area contributed by atoms with E-state index in [4.69, 9.17) is 12.2 Å². The van der Waals surface area contributed by atoms with Gasteiger partial charge in [0.05, 0.1) is 6.42 Å². The average molecular weight is 432 g/mol. The predicted molar refractivity (Wildman–Crippen MR) is 115 cm³/mol. The number of fused-ring (bicyclic) bond motifs is 1. The largest absolute Gasteiger partial charge is 0.480 e. The van der Waals surface area contributed by atoms with E-state index in [0.29, 0.717) is 5.69 Å². The van der Waals surface area contributed by atoms with Gasteiger partial charge in [-0.1, -0.05) is 54.6 Å². The zero-order valence-corrected chi connectivity index (χ0v) is 16.6. The Morgan fingerprint density at radius 2 is 1.60 bits per heavy atom. The van der Waals surface area contributed by atoms with Gasteiger partial charge in [-0.15, -0.1) is 0 Å². The lowest BCUT2D eigenvalue weighted by Crippen LogP contribution is -2.44. The van der Waals surface area contributed by atoms with Crippen LogP contribution in [-0.4, -0.2) is 28.4 Å². The fourth-order valence-electron chi connectivity index (χ4n) is 3.06. The maximum Gasteiger partial charge on any atom is 0.393 e. The zero-order chi connectivity index (χ0) is 21.7. The van der Waals surface area contributed by atoms with E-state index in [-0.39, 0.29) is 17.1 Å². The number of alkyl halides is 3. The molecule has 3 aromatic carbocycles. The second kappa shape index (κ2) is 9.13. The van der Waals surface area contributed by atoms with Gasteiger partial charge in [-0.3, -0.25) is 0 Å². The van der Waals surface area contributed by atoms with Gasteiger partial charge in [0.25, 0.3) is 0 Å². The number of hydrogen-bond donors (Lipinski definition) is 3. The van der Waals surface area contributed by atoms with Gasteiger partial charge in [0, 0.05) is 12.1 Å². The number of carboxylic acid groups (broad SMARTS) is 1. The standard InChI is InChI=1S/C22H19F3N2O2S/c23-22(24,25)13-14-6-9-18(10-7-14)26-21(30)27-19(20(28)29)12-15-5-8-16-3-1-2-4-17(16)11-15/h1-11,19H,12-13H2,(H,28,29)(H2,26,27,30). The Morgan fingerprint density at radius 3 is 2.23 bits per heavy atom. The van der Waals surface area contributed by atoms with Gasteiger partial charge in [-0.05, 0) is 46.2 Å². The van der Waals surface area contributed by atoms with Crippen molar-refractivity contribution in [3.05, 3.63) is 77.9 Å². The van der Waals surface area contributed by atoms with Crippen molar-refractivity contribution < 1.29 is 23.1 Å². The van der Waals surface area contributed by atoms with Crippen LogP contribution in [0.5, 0.6) is 0 Å². The van der Waals surface area contributed by atoms with Gasteiger partial charge < -0.3 is 15.7 Å². The number of hydrogen-bond acceptors (Lipinski definition) is 2. The highest BCUT2D eigenvalue weighted by molar-refractivity contribution is 7.80. The molecule has 8 heteroatoms. The maximum atomic E-state index is 12.4. The molecule has 0 aliphatic rings. The number of thiocarbonyl (C=S) groups is 1. The molecule has 3 N–H and O–H groups in total. The molecule has 0 aliphatic heterocycles. The molecule has 0 radical (unpaired) electrons. The molecule has 1 unspecified atom stereocenters. The topological polar surface area (TPSA) is 61.4 Å². The third kappa shape index (κ3) is 6.18. The number of carboxylic acids is 1. The number of carbonyl (C=O) groups is 1. The molecule has 1 atom stereocenters. The van der Waals surface area contributed by atoms with Crippen LogP contribution < -0.4 is 10.6 Å². The quantitative estimate of drug-likeness (QED) is 0.483. The number of benzene rings is 3. The molecule has 156 valence electrons.